The van der Waals surface area contributed by atoms with Crippen LogP contribution in [-0.2, 0) is 4.74 Å². The van der Waals surface area contributed by atoms with Gasteiger partial charge in [-0.25, -0.2) is 0 Å². The second kappa shape index (κ2) is 9.12. The van der Waals surface area contributed by atoms with Crippen LogP contribution in [0.3, 0.4) is 0 Å². The van der Waals surface area contributed by atoms with Crippen molar-refractivity contribution in [1.29, 1.82) is 0 Å². The lowest BCUT2D eigenvalue weighted by molar-refractivity contribution is 0.0503. The van der Waals surface area contributed by atoms with Crippen molar-refractivity contribution in [2.75, 3.05) is 32.8 Å². The zero-order chi connectivity index (χ0) is 15.1. The standard InChI is InChI=1S/C18H36N2O/c1-4-21-12-8-11-20-14-17(15(2)3)19-13-18(20)16-9-6-5-7-10-16/h15-19H,4-14H2,1-3H3. The van der Waals surface area contributed by atoms with Crippen LogP contribution in [0, 0.1) is 11.8 Å². The summed E-state index contributed by atoms with van der Waals surface area (Å²) in [5, 5.41) is 3.82. The molecule has 0 aromatic heterocycles. The number of hydrogen-bond donors (Lipinski definition) is 1. The summed E-state index contributed by atoms with van der Waals surface area (Å²) in [6.07, 6.45) is 8.42. The van der Waals surface area contributed by atoms with Gasteiger partial charge in [-0.3, -0.25) is 4.90 Å². The van der Waals surface area contributed by atoms with Crippen LogP contribution in [-0.4, -0.2) is 49.8 Å². The fourth-order valence-electron chi connectivity index (χ4n) is 4.06. The summed E-state index contributed by atoms with van der Waals surface area (Å²) in [4.78, 5) is 2.79. The third kappa shape index (κ3) is 5.22. The fraction of sp³-hybridized carbons (Fsp3) is 1.00. The lowest BCUT2D eigenvalue weighted by Crippen LogP contribution is -2.60. The second-order valence-electron chi connectivity index (χ2n) is 7.27. The first-order chi connectivity index (χ1) is 10.2. The Bertz CT molecular complexity index is 276. The maximum atomic E-state index is 5.54. The number of nitrogens with zero attached hydrogens (tertiary/aromatic N) is 1. The Labute approximate surface area is 131 Å². The van der Waals surface area contributed by atoms with Crippen molar-refractivity contribution < 1.29 is 4.74 Å². The number of hydrogen-bond acceptors (Lipinski definition) is 3. The van der Waals surface area contributed by atoms with E-state index < -0.39 is 0 Å². The Balaban J connectivity index is 1.89. The molecule has 1 heterocycles. The zero-order valence-corrected chi connectivity index (χ0v) is 14.4. The van der Waals surface area contributed by atoms with E-state index in [4.69, 9.17) is 4.74 Å². The van der Waals surface area contributed by atoms with Gasteiger partial charge in [0.15, 0.2) is 0 Å². The van der Waals surface area contributed by atoms with Crippen molar-refractivity contribution >= 4 is 0 Å². The highest BCUT2D eigenvalue weighted by Gasteiger charge is 2.34. The summed E-state index contributed by atoms with van der Waals surface area (Å²) in [6.45, 7) is 12.2. The van der Waals surface area contributed by atoms with E-state index in [1.54, 1.807) is 0 Å². The minimum atomic E-state index is 0.664. The SMILES string of the molecule is CCOCCCN1CC(C(C)C)NCC1C1CCCCC1. The highest BCUT2D eigenvalue weighted by molar-refractivity contribution is 4.91. The van der Waals surface area contributed by atoms with Crippen LogP contribution in [0.25, 0.3) is 0 Å². The molecule has 124 valence electrons. The molecule has 2 rings (SSSR count). The molecule has 2 aliphatic rings. The summed E-state index contributed by atoms with van der Waals surface area (Å²) < 4.78 is 5.54. The van der Waals surface area contributed by atoms with Gasteiger partial charge in [0.1, 0.15) is 0 Å². The van der Waals surface area contributed by atoms with E-state index in [1.165, 1.54) is 58.2 Å². The molecule has 1 saturated heterocycles. The molecule has 1 aliphatic carbocycles. The van der Waals surface area contributed by atoms with Crippen molar-refractivity contribution in [2.45, 2.75) is 71.4 Å². The number of rotatable bonds is 7. The van der Waals surface area contributed by atoms with Crippen LogP contribution in [0.15, 0.2) is 0 Å². The van der Waals surface area contributed by atoms with Crippen LogP contribution in [0.1, 0.15) is 59.3 Å². The molecule has 1 N–H and O–H groups in total. The van der Waals surface area contributed by atoms with Crippen LogP contribution >= 0.6 is 0 Å². The van der Waals surface area contributed by atoms with Gasteiger partial charge in [0.05, 0.1) is 0 Å². The molecule has 1 saturated carbocycles. The molecule has 2 atom stereocenters. The van der Waals surface area contributed by atoms with Gasteiger partial charge >= 0.3 is 0 Å². The molecular weight excluding hydrogens is 260 g/mol. The molecule has 0 bridgehead atoms. The van der Waals surface area contributed by atoms with Crippen molar-refractivity contribution in [2.24, 2.45) is 11.8 Å². The van der Waals surface area contributed by atoms with Crippen LogP contribution in [0.5, 0.6) is 0 Å². The number of piperazine rings is 1. The van der Waals surface area contributed by atoms with Gasteiger partial charge in [0, 0.05) is 44.9 Å². The molecule has 1 aliphatic heterocycles. The molecule has 0 aromatic rings. The molecular formula is C18H36N2O. The Morgan fingerprint density at radius 1 is 1.19 bits per heavy atom. The highest BCUT2D eigenvalue weighted by Crippen LogP contribution is 2.30. The first-order valence-electron chi connectivity index (χ1n) is 9.27. The van der Waals surface area contributed by atoms with Crippen molar-refractivity contribution in [3.63, 3.8) is 0 Å². The predicted octanol–water partition coefficient (Wildman–Crippen LogP) is 3.29. The first kappa shape index (κ1) is 17.2. The van der Waals surface area contributed by atoms with Crippen LogP contribution in [0.2, 0.25) is 0 Å². The number of ether oxygens (including phenoxy) is 1. The molecule has 2 unspecified atom stereocenters. The third-order valence-electron chi connectivity index (χ3n) is 5.43. The molecule has 0 radical (unpaired) electrons. The summed E-state index contributed by atoms with van der Waals surface area (Å²) in [7, 11) is 0. The summed E-state index contributed by atoms with van der Waals surface area (Å²) in [5.74, 6) is 1.65. The van der Waals surface area contributed by atoms with Crippen LogP contribution in [0.4, 0.5) is 0 Å². The molecule has 0 aromatic carbocycles. The summed E-state index contributed by atoms with van der Waals surface area (Å²) in [5.41, 5.74) is 0. The van der Waals surface area contributed by atoms with Crippen molar-refractivity contribution in [1.82, 2.24) is 10.2 Å². The predicted molar refractivity (Wildman–Crippen MR) is 89.7 cm³/mol. The van der Waals surface area contributed by atoms with E-state index in [1.807, 2.05) is 0 Å². The summed E-state index contributed by atoms with van der Waals surface area (Å²) >= 11 is 0. The smallest absolute Gasteiger partial charge is 0.0478 e. The molecule has 21 heavy (non-hydrogen) atoms. The number of nitrogens with one attached hydrogen (secondary N) is 1. The highest BCUT2D eigenvalue weighted by atomic mass is 16.5. The lowest BCUT2D eigenvalue weighted by Gasteiger charge is -2.46. The van der Waals surface area contributed by atoms with Gasteiger partial charge in [-0.15, -0.1) is 0 Å². The molecule has 0 spiro atoms. The fourth-order valence-corrected chi connectivity index (χ4v) is 4.06. The summed E-state index contributed by atoms with van der Waals surface area (Å²) in [6, 6.07) is 1.43. The second-order valence-corrected chi connectivity index (χ2v) is 7.27. The zero-order valence-electron chi connectivity index (χ0n) is 14.4. The minimum Gasteiger partial charge on any atom is -0.382 e. The topological polar surface area (TPSA) is 24.5 Å². The van der Waals surface area contributed by atoms with Gasteiger partial charge in [-0.2, -0.15) is 0 Å². The van der Waals surface area contributed by atoms with Gasteiger partial charge < -0.3 is 10.1 Å². The Kier molecular flexibility index (Phi) is 7.48. The normalized spacial score (nSPS) is 29.1. The van der Waals surface area contributed by atoms with E-state index in [0.717, 1.165) is 31.1 Å². The average molecular weight is 296 g/mol. The largest absolute Gasteiger partial charge is 0.382 e. The van der Waals surface area contributed by atoms with E-state index >= 15 is 0 Å². The van der Waals surface area contributed by atoms with E-state index in [-0.39, 0.29) is 0 Å². The average Bonchev–Trinajstić information content (AvgIpc) is 2.52. The molecule has 3 heteroatoms. The van der Waals surface area contributed by atoms with Crippen molar-refractivity contribution in [3.8, 4) is 0 Å². The monoisotopic (exact) mass is 296 g/mol. The quantitative estimate of drug-likeness (QED) is 0.730. The molecule has 0 amide bonds. The molecule has 3 nitrogen and oxygen atoms in total. The van der Waals surface area contributed by atoms with Gasteiger partial charge in [0.2, 0.25) is 0 Å². The molecule has 2 fully saturated rings. The maximum absolute atomic E-state index is 5.54. The Hall–Kier alpha value is -0.120. The first-order valence-corrected chi connectivity index (χ1v) is 9.27. The van der Waals surface area contributed by atoms with E-state index in [9.17, 15) is 0 Å². The van der Waals surface area contributed by atoms with Gasteiger partial charge in [-0.1, -0.05) is 33.1 Å². The van der Waals surface area contributed by atoms with E-state index in [2.05, 4.69) is 31.0 Å². The maximum Gasteiger partial charge on any atom is 0.0478 e. The van der Waals surface area contributed by atoms with Gasteiger partial charge in [-0.05, 0) is 38.0 Å². The van der Waals surface area contributed by atoms with Crippen LogP contribution < -0.4 is 5.32 Å². The van der Waals surface area contributed by atoms with Gasteiger partial charge in [0.25, 0.3) is 0 Å². The Morgan fingerprint density at radius 2 is 1.95 bits per heavy atom. The third-order valence-corrected chi connectivity index (χ3v) is 5.43. The lowest BCUT2D eigenvalue weighted by atomic mass is 9.81. The van der Waals surface area contributed by atoms with E-state index in [0.29, 0.717) is 6.04 Å². The minimum absolute atomic E-state index is 0.664. The Morgan fingerprint density at radius 3 is 2.62 bits per heavy atom. The van der Waals surface area contributed by atoms with Crippen molar-refractivity contribution in [3.05, 3.63) is 0 Å².